The second-order valence-corrected chi connectivity index (χ2v) is 22.6. The molecule has 0 aliphatic carbocycles. The van der Waals surface area contributed by atoms with Gasteiger partial charge in [0.05, 0.1) is 22.6 Å². The second kappa shape index (κ2) is 26.7. The van der Waals surface area contributed by atoms with Gasteiger partial charge >= 0.3 is 6.18 Å². The number of amides is 1. The maximum atomic E-state index is 11.4. The first kappa shape index (κ1) is 59.1. The molecule has 15 nitrogen and oxygen atoms in total. The van der Waals surface area contributed by atoms with Crippen LogP contribution in [-0.4, -0.2) is 149 Å². The van der Waals surface area contributed by atoms with Gasteiger partial charge in [0.15, 0.2) is 5.82 Å². The molecule has 4 saturated heterocycles. The van der Waals surface area contributed by atoms with Crippen molar-refractivity contribution in [3.63, 3.8) is 0 Å². The first-order chi connectivity index (χ1) is 35.4. The first-order valence-electron chi connectivity index (χ1n) is 26.1. The van der Waals surface area contributed by atoms with Crippen LogP contribution in [0.5, 0.6) is 11.5 Å². The lowest BCUT2D eigenvalue weighted by Crippen LogP contribution is -2.53. The van der Waals surface area contributed by atoms with E-state index in [0.29, 0.717) is 28.2 Å². The van der Waals surface area contributed by atoms with E-state index in [2.05, 4.69) is 80.8 Å². The van der Waals surface area contributed by atoms with E-state index in [-0.39, 0.29) is 23.0 Å². The number of phenolic OH excluding ortho intramolecular Hbond substituents is 2. The van der Waals surface area contributed by atoms with Gasteiger partial charge in [0.1, 0.15) is 28.9 Å². The smallest absolute Gasteiger partial charge is 0.405 e. The summed E-state index contributed by atoms with van der Waals surface area (Å²) in [6.07, 6.45) is 4.50. The molecule has 0 saturated carbocycles. The lowest BCUT2D eigenvalue weighted by Gasteiger charge is -2.44. The van der Waals surface area contributed by atoms with Crippen LogP contribution < -0.4 is 26.6 Å². The number of carbonyl (C=O) groups is 1. The van der Waals surface area contributed by atoms with Gasteiger partial charge in [-0.15, -0.1) is 0 Å². The van der Waals surface area contributed by atoms with Gasteiger partial charge in [0.25, 0.3) is 5.91 Å². The number of nitrogen functional groups attached to an aromatic ring is 1. The number of nitrogens with zero attached hydrogens (tertiary/aromatic N) is 7. The van der Waals surface area contributed by atoms with Crippen molar-refractivity contribution < 1.29 is 28.2 Å². The number of nitrogens with two attached hydrogens (primary N) is 2. The Morgan fingerprint density at radius 1 is 0.893 bits per heavy atom. The zero-order valence-corrected chi connectivity index (χ0v) is 46.0. The van der Waals surface area contributed by atoms with Crippen LogP contribution in [0, 0.1) is 23.7 Å². The van der Waals surface area contributed by atoms with Crippen LogP contribution in [0.15, 0.2) is 70.7 Å². The molecule has 8 rings (SSSR count). The summed E-state index contributed by atoms with van der Waals surface area (Å²) in [5.41, 5.74) is 17.6. The normalized spacial score (nSPS) is 18.2. The van der Waals surface area contributed by atoms with E-state index < -0.39 is 24.3 Å². The molecule has 3 aromatic carbocycles. The number of hydrogen-bond donors (Lipinski definition) is 7. The number of piperazine rings is 1. The fourth-order valence-electron chi connectivity index (χ4n) is 9.90. The third-order valence-electron chi connectivity index (χ3n) is 14.6. The van der Waals surface area contributed by atoms with Gasteiger partial charge in [-0.1, -0.05) is 73.1 Å². The molecular weight excluding hydrogens is 1000 g/mol. The van der Waals surface area contributed by atoms with Crippen LogP contribution in [-0.2, 0) is 11.3 Å². The van der Waals surface area contributed by atoms with Crippen LogP contribution in [0.2, 0.25) is 5.02 Å². The number of carbonyl (C=O) groups excluding carboxylic acids is 1. The average Bonchev–Trinajstić information content (AvgIpc) is 3.36. The van der Waals surface area contributed by atoms with Gasteiger partial charge < -0.3 is 47.1 Å². The van der Waals surface area contributed by atoms with E-state index in [1.165, 1.54) is 92.7 Å². The molecule has 4 aliphatic heterocycles. The summed E-state index contributed by atoms with van der Waals surface area (Å²) in [6, 6.07) is 19.0. The molecule has 4 aliphatic rings. The molecule has 0 radical (unpaired) electrons. The third kappa shape index (κ3) is 17.7. The molecule has 410 valence electrons. The highest BCUT2D eigenvalue weighted by Gasteiger charge is 2.32. The molecule has 1 aromatic heterocycles. The molecule has 4 fully saturated rings. The van der Waals surface area contributed by atoms with Crippen molar-refractivity contribution >= 4 is 58.0 Å². The van der Waals surface area contributed by atoms with Crippen molar-refractivity contribution in [2.75, 3.05) is 94.1 Å². The number of phenols is 2. The van der Waals surface area contributed by atoms with Crippen LogP contribution in [0.25, 0.3) is 0 Å². The van der Waals surface area contributed by atoms with Crippen LogP contribution in [0.4, 0.5) is 30.5 Å². The van der Waals surface area contributed by atoms with Crippen LogP contribution >= 0.6 is 23.4 Å². The number of aryl methyl sites for hydroxylation is 1. The zero-order chi connectivity index (χ0) is 54.6. The predicted octanol–water partition coefficient (Wildman–Crippen LogP) is 9.30. The predicted molar refractivity (Wildman–Crippen MR) is 297 cm³/mol. The molecule has 0 unspecified atom stereocenters. The molecule has 20 heteroatoms. The van der Waals surface area contributed by atoms with Gasteiger partial charge in [-0.2, -0.15) is 13.2 Å². The summed E-state index contributed by atoms with van der Waals surface area (Å²) in [4.78, 5) is 33.5. The van der Waals surface area contributed by atoms with Crippen LogP contribution in [0.1, 0.15) is 101 Å². The maximum absolute atomic E-state index is 11.4. The van der Waals surface area contributed by atoms with Crippen molar-refractivity contribution in [2.24, 2.45) is 11.7 Å². The van der Waals surface area contributed by atoms with E-state index in [9.17, 15) is 28.2 Å². The number of piperidine rings is 3. The zero-order valence-electron chi connectivity index (χ0n) is 44.4. The maximum Gasteiger partial charge on any atom is 0.405 e. The molecule has 1 amide bonds. The molecule has 0 bridgehead atoms. The summed E-state index contributed by atoms with van der Waals surface area (Å²) in [5, 5.41) is 36.1. The fourth-order valence-corrected chi connectivity index (χ4v) is 11.1. The molecule has 75 heavy (non-hydrogen) atoms. The molecule has 5 heterocycles. The quantitative estimate of drug-likeness (QED) is 0.0623. The van der Waals surface area contributed by atoms with E-state index >= 15 is 0 Å². The molecular formula is C55H78ClF3N12O3S. The number of alkyl halides is 3. The minimum atomic E-state index is -4.41. The number of rotatable bonds is 13. The van der Waals surface area contributed by atoms with Crippen molar-refractivity contribution in [1.29, 1.82) is 10.8 Å². The van der Waals surface area contributed by atoms with Gasteiger partial charge in [0.2, 0.25) is 0 Å². The Morgan fingerprint density at radius 3 is 2.09 bits per heavy atom. The third-order valence-corrected chi connectivity index (χ3v) is 16.1. The van der Waals surface area contributed by atoms with E-state index in [1.807, 2.05) is 20.0 Å². The van der Waals surface area contributed by atoms with Gasteiger partial charge in [0, 0.05) is 86.2 Å². The van der Waals surface area contributed by atoms with Gasteiger partial charge in [-0.25, -0.2) is 9.97 Å². The van der Waals surface area contributed by atoms with E-state index in [4.69, 9.17) is 43.9 Å². The van der Waals surface area contributed by atoms with E-state index in [1.54, 1.807) is 13.0 Å². The number of anilines is 3. The number of nitrogens with one attached hydrogen (secondary N) is 3. The van der Waals surface area contributed by atoms with E-state index in [0.717, 1.165) is 98.5 Å². The Bertz CT molecular complexity index is 2540. The van der Waals surface area contributed by atoms with Gasteiger partial charge in [-0.05, 0) is 134 Å². The van der Waals surface area contributed by atoms with Crippen molar-refractivity contribution in [1.82, 2.24) is 30.0 Å². The Hall–Kier alpha value is -5.18. The minimum absolute atomic E-state index is 0.0422. The van der Waals surface area contributed by atoms with Crippen molar-refractivity contribution in [2.45, 2.75) is 120 Å². The lowest BCUT2D eigenvalue weighted by atomic mass is 9.91. The highest BCUT2D eigenvalue weighted by Crippen LogP contribution is 2.41. The number of aromatic nitrogens is 2. The number of aromatic hydroxyl groups is 2. The molecule has 9 N–H and O–H groups in total. The number of hydrogen-bond acceptors (Lipinski definition) is 15. The Labute approximate surface area is 450 Å². The SMILES string of the molecule is CC(=N)C(=O)NCC(F)(F)F.CC(=N)c1cc(C(C)C)c(O)cc1O.Cc1ccc(CN2CCC(CN3CCC(N4CCN(c5cccc(Sc6ncc(N7CCC(C)(N)CC7)nc6N)c5Cl)CC4)CC3)CC2)cc1. The number of benzene rings is 3. The molecule has 4 aromatic rings. The summed E-state index contributed by atoms with van der Waals surface area (Å²) >= 11 is 8.56. The summed E-state index contributed by atoms with van der Waals surface area (Å²) < 4.78 is 34.2. The van der Waals surface area contributed by atoms with Gasteiger partial charge in [-0.3, -0.25) is 20.0 Å². The Morgan fingerprint density at radius 2 is 1.52 bits per heavy atom. The second-order valence-electron chi connectivity index (χ2n) is 21.1. The summed E-state index contributed by atoms with van der Waals surface area (Å²) in [6.45, 7) is 22.7. The Kier molecular flexibility index (Phi) is 21.1. The average molecular weight is 1080 g/mol. The monoisotopic (exact) mass is 1080 g/mol. The minimum Gasteiger partial charge on any atom is -0.508 e. The van der Waals surface area contributed by atoms with Crippen LogP contribution in [0.3, 0.4) is 0 Å². The summed E-state index contributed by atoms with van der Waals surface area (Å²) in [7, 11) is 0. The molecule has 0 atom stereocenters. The van der Waals surface area contributed by atoms with Crippen molar-refractivity contribution in [3.05, 3.63) is 88.1 Å². The van der Waals surface area contributed by atoms with Crippen molar-refractivity contribution in [3.8, 4) is 11.5 Å². The topological polar surface area (TPSA) is 211 Å². The highest BCUT2D eigenvalue weighted by molar-refractivity contribution is 7.99. The highest BCUT2D eigenvalue weighted by atomic mass is 35.5. The molecule has 0 spiro atoms. The summed E-state index contributed by atoms with van der Waals surface area (Å²) in [5.74, 6) is 1.32. The fraction of sp³-hybridized carbons (Fsp3) is 0.545. The number of likely N-dealkylation sites (tertiary alicyclic amines) is 2. The standard InChI is InChI=1S/C39H56ClN9S.C11H15NO2.C5H7F3N2O/c1-29-6-8-30(9-7-29)27-45-16-10-31(11-17-45)28-46-18-12-32(13-19-46)47-22-24-48(25-23-47)33-4-3-5-34(36(33)40)50-38-37(41)44-35(26-43-38)49-20-14-39(2,42)15-21-49;1-6(2)8-4-9(7(3)12)11(14)5-10(8)13;1-3(9)4(11)10-2-5(6,7)8/h3-9,26,31-32H,10-25,27-28,42H2,1-2H3,(H2,41,44);4-6,12-14H,1-3H3;9H,2H2,1H3,(H,10,11). The number of halogens is 4. The first-order valence-corrected chi connectivity index (χ1v) is 27.3. The Balaban J connectivity index is 0.000000300. The largest absolute Gasteiger partial charge is 0.508 e. The lowest BCUT2D eigenvalue weighted by molar-refractivity contribution is -0.134.